The van der Waals surface area contributed by atoms with Crippen LogP contribution in [0.2, 0.25) is 10.0 Å². The summed E-state index contributed by atoms with van der Waals surface area (Å²) in [6.07, 6.45) is 2.90. The van der Waals surface area contributed by atoms with Crippen molar-refractivity contribution in [2.24, 2.45) is 5.92 Å². The van der Waals surface area contributed by atoms with Crippen molar-refractivity contribution in [2.75, 3.05) is 13.1 Å². The van der Waals surface area contributed by atoms with Crippen molar-refractivity contribution in [2.45, 2.75) is 31.1 Å². The molecule has 1 amide bonds. The van der Waals surface area contributed by atoms with Crippen LogP contribution < -0.4 is 0 Å². The van der Waals surface area contributed by atoms with Crippen LogP contribution in [0.5, 0.6) is 0 Å². The Morgan fingerprint density at radius 2 is 1.86 bits per heavy atom. The summed E-state index contributed by atoms with van der Waals surface area (Å²) in [5.74, 6) is 1.19. The average molecular weight is 431 g/mol. The summed E-state index contributed by atoms with van der Waals surface area (Å²) in [6.45, 7) is 1.64. The number of hydrogen-bond donors (Lipinski definition) is 0. The summed E-state index contributed by atoms with van der Waals surface area (Å²) in [4.78, 5) is 19.8. The van der Waals surface area contributed by atoms with Crippen LogP contribution in [-0.4, -0.2) is 28.9 Å². The molecule has 3 nitrogen and oxygen atoms in total. The van der Waals surface area contributed by atoms with E-state index < -0.39 is 0 Å². The van der Waals surface area contributed by atoms with E-state index in [9.17, 15) is 4.79 Å². The van der Waals surface area contributed by atoms with E-state index in [-0.39, 0.29) is 5.92 Å². The molecule has 6 heteroatoms. The lowest BCUT2D eigenvalue weighted by Crippen LogP contribution is -2.39. The lowest BCUT2D eigenvalue weighted by Gasteiger charge is -2.31. The second-order valence-electron chi connectivity index (χ2n) is 7.77. The number of carbonyl (C=O) groups excluding carboxylic acids is 1. The molecule has 1 aliphatic heterocycles. The first kappa shape index (κ1) is 18.4. The van der Waals surface area contributed by atoms with Gasteiger partial charge in [0.25, 0.3) is 0 Å². The van der Waals surface area contributed by atoms with Crippen molar-refractivity contribution in [3.8, 4) is 0 Å². The highest BCUT2D eigenvalue weighted by Crippen LogP contribution is 2.49. The molecule has 28 heavy (non-hydrogen) atoms. The average Bonchev–Trinajstić information content (AvgIpc) is 3.40. The van der Waals surface area contributed by atoms with Gasteiger partial charge in [-0.1, -0.05) is 35.3 Å². The van der Waals surface area contributed by atoms with Gasteiger partial charge in [0, 0.05) is 35.0 Å². The molecule has 0 N–H and O–H groups in total. The topological polar surface area (TPSA) is 33.2 Å². The van der Waals surface area contributed by atoms with E-state index in [4.69, 9.17) is 28.2 Å². The lowest BCUT2D eigenvalue weighted by molar-refractivity contribution is -0.133. The first-order valence-electron chi connectivity index (χ1n) is 9.69. The summed E-state index contributed by atoms with van der Waals surface area (Å²) in [5, 5.41) is 2.64. The Bertz CT molecular complexity index is 1040. The smallest absolute Gasteiger partial charge is 0.226 e. The van der Waals surface area contributed by atoms with Crippen LogP contribution in [0.1, 0.15) is 41.7 Å². The van der Waals surface area contributed by atoms with Crippen molar-refractivity contribution in [1.82, 2.24) is 9.88 Å². The maximum atomic E-state index is 12.9. The van der Waals surface area contributed by atoms with Gasteiger partial charge in [0.1, 0.15) is 0 Å². The standard InChI is InChI=1S/C22H20Cl2N2OS/c23-15-3-1-2-14(10-15)17-12-18(17)22(27)26-8-6-13(7-9-26)21-25-19-11-16(24)4-5-20(19)28-21/h1-5,10-11,13,17-18H,6-9,12H2. The van der Waals surface area contributed by atoms with E-state index in [0.29, 0.717) is 17.7 Å². The van der Waals surface area contributed by atoms with Gasteiger partial charge in [-0.2, -0.15) is 0 Å². The SMILES string of the molecule is O=C(C1CC1c1cccc(Cl)c1)N1CCC(c2nc3cc(Cl)ccc3s2)CC1. The number of hydrogen-bond acceptors (Lipinski definition) is 3. The second kappa shape index (κ2) is 7.33. The van der Waals surface area contributed by atoms with Gasteiger partial charge in [0.15, 0.2) is 0 Å². The summed E-state index contributed by atoms with van der Waals surface area (Å²) in [5.41, 5.74) is 2.17. The third-order valence-electron chi connectivity index (χ3n) is 5.91. The molecule has 0 radical (unpaired) electrons. The minimum absolute atomic E-state index is 0.125. The number of benzene rings is 2. The van der Waals surface area contributed by atoms with Crippen LogP contribution in [0.3, 0.4) is 0 Å². The van der Waals surface area contributed by atoms with Crippen LogP contribution in [0, 0.1) is 5.92 Å². The summed E-state index contributed by atoms with van der Waals surface area (Å²) in [6, 6.07) is 13.8. The highest BCUT2D eigenvalue weighted by molar-refractivity contribution is 7.18. The monoisotopic (exact) mass is 430 g/mol. The molecule has 2 heterocycles. The molecule has 0 spiro atoms. The van der Waals surface area contributed by atoms with E-state index >= 15 is 0 Å². The third-order valence-corrected chi connectivity index (χ3v) is 7.58. The Morgan fingerprint density at radius 3 is 2.64 bits per heavy atom. The molecule has 5 rings (SSSR count). The molecule has 1 aromatic heterocycles. The third kappa shape index (κ3) is 3.54. The zero-order chi connectivity index (χ0) is 19.3. The largest absolute Gasteiger partial charge is 0.342 e. The molecule has 2 atom stereocenters. The van der Waals surface area contributed by atoms with E-state index in [1.165, 1.54) is 15.3 Å². The number of likely N-dealkylation sites (tertiary alicyclic amines) is 1. The van der Waals surface area contributed by atoms with Gasteiger partial charge in [0.2, 0.25) is 5.91 Å². The Labute approximate surface area is 178 Å². The van der Waals surface area contributed by atoms with Gasteiger partial charge in [-0.15, -0.1) is 11.3 Å². The molecule has 2 aliphatic rings. The quantitative estimate of drug-likeness (QED) is 0.501. The molecule has 0 bridgehead atoms. The van der Waals surface area contributed by atoms with Crippen LogP contribution in [0.4, 0.5) is 0 Å². The van der Waals surface area contributed by atoms with Gasteiger partial charge in [0.05, 0.1) is 15.2 Å². The fraction of sp³-hybridized carbons (Fsp3) is 0.364. The summed E-state index contributed by atoms with van der Waals surface area (Å²) < 4.78 is 1.18. The Hall–Kier alpha value is -1.62. The molecule has 1 saturated heterocycles. The van der Waals surface area contributed by atoms with Gasteiger partial charge < -0.3 is 4.90 Å². The summed E-state index contributed by atoms with van der Waals surface area (Å²) in [7, 11) is 0. The fourth-order valence-electron chi connectivity index (χ4n) is 4.25. The number of carbonyl (C=O) groups is 1. The first-order valence-corrected chi connectivity index (χ1v) is 11.3. The molecule has 2 fully saturated rings. The Balaban J connectivity index is 1.21. The van der Waals surface area contributed by atoms with Crippen molar-refractivity contribution in [3.63, 3.8) is 0 Å². The van der Waals surface area contributed by atoms with E-state index in [2.05, 4.69) is 11.0 Å². The molecule has 1 saturated carbocycles. The normalized spacial score (nSPS) is 22.6. The van der Waals surface area contributed by atoms with E-state index in [1.807, 2.05) is 36.4 Å². The van der Waals surface area contributed by atoms with Gasteiger partial charge >= 0.3 is 0 Å². The predicted octanol–water partition coefficient (Wildman–Crippen LogP) is 6.11. The lowest BCUT2D eigenvalue weighted by atomic mass is 9.97. The molecule has 2 unspecified atom stereocenters. The van der Waals surface area contributed by atoms with Crippen LogP contribution in [0.15, 0.2) is 42.5 Å². The number of rotatable bonds is 3. The van der Waals surface area contributed by atoms with Crippen LogP contribution in [-0.2, 0) is 4.79 Å². The van der Waals surface area contributed by atoms with Gasteiger partial charge in [-0.3, -0.25) is 4.79 Å². The van der Waals surface area contributed by atoms with Gasteiger partial charge in [-0.25, -0.2) is 4.98 Å². The van der Waals surface area contributed by atoms with Crippen molar-refractivity contribution in [1.29, 1.82) is 0 Å². The second-order valence-corrected chi connectivity index (χ2v) is 9.70. The molecular formula is C22H20Cl2N2OS. The van der Waals surface area contributed by atoms with Crippen molar-refractivity contribution < 1.29 is 4.79 Å². The minimum Gasteiger partial charge on any atom is -0.342 e. The van der Waals surface area contributed by atoms with Gasteiger partial charge in [-0.05, 0) is 61.1 Å². The minimum atomic E-state index is 0.125. The Kier molecular flexibility index (Phi) is 4.82. The zero-order valence-corrected chi connectivity index (χ0v) is 17.6. The molecule has 3 aromatic rings. The molecule has 144 valence electrons. The highest BCUT2D eigenvalue weighted by Gasteiger charge is 2.46. The number of aromatic nitrogens is 1. The number of piperidine rings is 1. The molecular weight excluding hydrogens is 411 g/mol. The molecule has 2 aromatic carbocycles. The maximum Gasteiger partial charge on any atom is 0.226 e. The first-order chi connectivity index (χ1) is 13.6. The van der Waals surface area contributed by atoms with Crippen LogP contribution in [0.25, 0.3) is 10.2 Å². The predicted molar refractivity (Wildman–Crippen MR) is 115 cm³/mol. The fourth-order valence-corrected chi connectivity index (χ4v) is 5.73. The zero-order valence-electron chi connectivity index (χ0n) is 15.3. The Morgan fingerprint density at radius 1 is 1.07 bits per heavy atom. The summed E-state index contributed by atoms with van der Waals surface area (Å²) >= 11 is 13.9. The number of halogens is 2. The number of thiazole rings is 1. The number of amides is 1. The van der Waals surface area contributed by atoms with E-state index in [0.717, 1.165) is 47.9 Å². The number of fused-ring (bicyclic) bond motifs is 1. The van der Waals surface area contributed by atoms with Crippen LogP contribution >= 0.6 is 34.5 Å². The van der Waals surface area contributed by atoms with Crippen molar-refractivity contribution in [3.05, 3.63) is 63.1 Å². The van der Waals surface area contributed by atoms with E-state index in [1.54, 1.807) is 11.3 Å². The highest BCUT2D eigenvalue weighted by atomic mass is 35.5. The maximum absolute atomic E-state index is 12.9. The molecule has 1 aliphatic carbocycles. The number of nitrogens with zero attached hydrogens (tertiary/aromatic N) is 2. The van der Waals surface area contributed by atoms with Crippen molar-refractivity contribution >= 4 is 50.7 Å².